The van der Waals surface area contributed by atoms with Crippen molar-refractivity contribution < 1.29 is 31.1 Å². The molecule has 0 radical (unpaired) electrons. The molecule has 10 heteroatoms. The molecule has 1 heterocycles. The quantitative estimate of drug-likeness (QED) is 0.802. The number of alkyl halides is 3. The average Bonchev–Trinajstić information content (AvgIpc) is 2.64. The molecular formula is C18H17F3N2O4S. The third kappa shape index (κ3) is 4.38. The third-order valence-electron chi connectivity index (χ3n) is 4.26. The number of ether oxygens (including phenoxy) is 1. The van der Waals surface area contributed by atoms with Crippen molar-refractivity contribution in [1.29, 1.82) is 0 Å². The van der Waals surface area contributed by atoms with Crippen LogP contribution in [-0.4, -0.2) is 31.5 Å². The van der Waals surface area contributed by atoms with Gasteiger partial charge in [0.05, 0.1) is 12.2 Å². The van der Waals surface area contributed by atoms with Crippen LogP contribution in [0.25, 0.3) is 0 Å². The van der Waals surface area contributed by atoms with Crippen molar-refractivity contribution >= 4 is 21.8 Å². The van der Waals surface area contributed by atoms with Gasteiger partial charge in [0.25, 0.3) is 0 Å². The number of halogens is 3. The first-order valence-electron chi connectivity index (χ1n) is 8.35. The Morgan fingerprint density at radius 1 is 1.07 bits per heavy atom. The summed E-state index contributed by atoms with van der Waals surface area (Å²) < 4.78 is 67.7. The van der Waals surface area contributed by atoms with Crippen LogP contribution in [0.2, 0.25) is 0 Å². The number of cyclic esters (lactones) is 1. The Kier molecular flexibility index (Phi) is 5.50. The second-order valence-electron chi connectivity index (χ2n) is 6.20. The van der Waals surface area contributed by atoms with Crippen LogP contribution in [0.5, 0.6) is 0 Å². The van der Waals surface area contributed by atoms with Crippen LogP contribution in [-0.2, 0) is 21.3 Å². The number of benzene rings is 2. The molecule has 1 amide bonds. The van der Waals surface area contributed by atoms with E-state index in [2.05, 4.69) is 0 Å². The number of para-hydroxylation sites is 1. The van der Waals surface area contributed by atoms with Crippen molar-refractivity contribution in [3.05, 3.63) is 65.7 Å². The molecule has 3 rings (SSSR count). The van der Waals surface area contributed by atoms with Gasteiger partial charge in [0, 0.05) is 13.0 Å². The molecule has 1 unspecified atom stereocenters. The number of hydrogen-bond acceptors (Lipinski definition) is 4. The minimum Gasteiger partial charge on any atom is -0.441 e. The Morgan fingerprint density at radius 3 is 2.36 bits per heavy atom. The van der Waals surface area contributed by atoms with E-state index in [9.17, 15) is 26.4 Å². The molecule has 0 saturated carbocycles. The van der Waals surface area contributed by atoms with Crippen LogP contribution >= 0.6 is 0 Å². The van der Waals surface area contributed by atoms with Crippen molar-refractivity contribution in [1.82, 2.24) is 4.90 Å². The van der Waals surface area contributed by atoms with E-state index in [4.69, 9.17) is 4.74 Å². The van der Waals surface area contributed by atoms with E-state index in [1.165, 1.54) is 27.8 Å². The normalized spacial score (nSPS) is 17.9. The maximum atomic E-state index is 12.6. The molecular weight excluding hydrogens is 397 g/mol. The molecule has 1 saturated heterocycles. The highest BCUT2D eigenvalue weighted by atomic mass is 32.2. The molecule has 0 aliphatic carbocycles. The Hall–Kier alpha value is -2.75. The molecule has 1 aliphatic rings. The summed E-state index contributed by atoms with van der Waals surface area (Å²) in [6.45, 7) is 0.232. The third-order valence-corrected chi connectivity index (χ3v) is 5.36. The summed E-state index contributed by atoms with van der Waals surface area (Å²) >= 11 is 0. The van der Waals surface area contributed by atoms with Crippen LogP contribution in [0, 0.1) is 0 Å². The van der Waals surface area contributed by atoms with Crippen LogP contribution in [0.4, 0.5) is 23.7 Å². The summed E-state index contributed by atoms with van der Waals surface area (Å²) in [6.07, 6.45) is -0.510. The number of anilines is 1. The molecule has 0 aromatic heterocycles. The fraction of sp³-hybridized carbons (Fsp3) is 0.278. The molecule has 1 fully saturated rings. The zero-order chi connectivity index (χ0) is 20.4. The van der Waals surface area contributed by atoms with E-state index in [-0.39, 0.29) is 17.8 Å². The van der Waals surface area contributed by atoms with Crippen molar-refractivity contribution in [2.24, 2.45) is 0 Å². The smallest absolute Gasteiger partial charge is 0.441 e. The largest absolute Gasteiger partial charge is 0.516 e. The number of sulfonamides is 1. The number of rotatable bonds is 5. The Labute approximate surface area is 160 Å². The lowest BCUT2D eigenvalue weighted by atomic mass is 10.0. The van der Waals surface area contributed by atoms with Gasteiger partial charge < -0.3 is 9.64 Å². The van der Waals surface area contributed by atoms with Gasteiger partial charge in [0.2, 0.25) is 0 Å². The average molecular weight is 414 g/mol. The van der Waals surface area contributed by atoms with Crippen LogP contribution in [0.3, 0.4) is 0 Å². The van der Waals surface area contributed by atoms with E-state index in [1.54, 1.807) is 6.07 Å². The molecule has 6 nitrogen and oxygen atoms in total. The minimum atomic E-state index is -5.56. The Balaban J connectivity index is 1.72. The fourth-order valence-corrected chi connectivity index (χ4v) is 3.44. The number of carbonyl (C=O) groups is 1. The summed E-state index contributed by atoms with van der Waals surface area (Å²) in [5.41, 5.74) is -4.59. The topological polar surface area (TPSA) is 75.7 Å². The molecule has 0 bridgehead atoms. The number of nitrogens with zero attached hydrogens (tertiary/aromatic N) is 1. The minimum absolute atomic E-state index is 0.0864. The summed E-state index contributed by atoms with van der Waals surface area (Å²) in [7, 11) is -5.56. The van der Waals surface area contributed by atoms with Gasteiger partial charge in [0.1, 0.15) is 6.10 Å². The highest BCUT2D eigenvalue weighted by molar-refractivity contribution is 7.93. The SMILES string of the molecule is O=C1OC(c2ccccc2)CCN1Cc1ccccc1NS(=O)(=O)C(F)(F)F. The number of hydrogen-bond donors (Lipinski definition) is 1. The van der Waals surface area contributed by atoms with E-state index in [1.807, 2.05) is 30.3 Å². The second kappa shape index (κ2) is 7.70. The van der Waals surface area contributed by atoms with Gasteiger partial charge in [-0.1, -0.05) is 48.5 Å². The molecule has 150 valence electrons. The number of amides is 1. The predicted molar refractivity (Wildman–Crippen MR) is 95.7 cm³/mol. The lowest BCUT2D eigenvalue weighted by Crippen LogP contribution is -2.38. The number of carbonyl (C=O) groups excluding carboxylic acids is 1. The molecule has 0 spiro atoms. The maximum Gasteiger partial charge on any atom is 0.516 e. The van der Waals surface area contributed by atoms with Crippen LogP contribution in [0.1, 0.15) is 23.7 Å². The van der Waals surface area contributed by atoms with Crippen molar-refractivity contribution in [2.45, 2.75) is 24.6 Å². The predicted octanol–water partition coefficient (Wildman–Crippen LogP) is 4.03. The van der Waals surface area contributed by atoms with Crippen molar-refractivity contribution in [2.75, 3.05) is 11.3 Å². The molecule has 28 heavy (non-hydrogen) atoms. The summed E-state index contributed by atoms with van der Waals surface area (Å²) in [4.78, 5) is 13.6. The lowest BCUT2D eigenvalue weighted by molar-refractivity contribution is -0.0429. The first-order valence-corrected chi connectivity index (χ1v) is 9.83. The molecule has 2 aromatic rings. The summed E-state index contributed by atoms with van der Waals surface area (Å²) in [5.74, 6) is 0. The monoisotopic (exact) mass is 414 g/mol. The molecule has 1 N–H and O–H groups in total. The van der Waals surface area contributed by atoms with Gasteiger partial charge in [-0.15, -0.1) is 0 Å². The van der Waals surface area contributed by atoms with E-state index >= 15 is 0 Å². The van der Waals surface area contributed by atoms with Gasteiger partial charge in [-0.2, -0.15) is 21.6 Å². The second-order valence-corrected chi connectivity index (χ2v) is 7.88. The van der Waals surface area contributed by atoms with Crippen LogP contribution in [0.15, 0.2) is 54.6 Å². The van der Waals surface area contributed by atoms with E-state index < -0.39 is 27.7 Å². The van der Waals surface area contributed by atoms with Gasteiger partial charge in [-0.05, 0) is 17.2 Å². The summed E-state index contributed by atoms with van der Waals surface area (Å²) in [6, 6.07) is 14.8. The van der Waals surface area contributed by atoms with Crippen LogP contribution < -0.4 is 4.72 Å². The zero-order valence-corrected chi connectivity index (χ0v) is 15.3. The highest BCUT2D eigenvalue weighted by Gasteiger charge is 2.46. The molecule has 1 aliphatic heterocycles. The lowest BCUT2D eigenvalue weighted by Gasteiger charge is -2.32. The Bertz CT molecular complexity index is 949. The van der Waals surface area contributed by atoms with Gasteiger partial charge in [-0.25, -0.2) is 4.79 Å². The standard InChI is InChI=1S/C18H17F3N2O4S/c19-18(20,21)28(25,26)22-15-9-5-4-8-14(15)12-23-11-10-16(27-17(23)24)13-6-2-1-3-7-13/h1-9,16,22H,10-12H2. The number of nitrogens with one attached hydrogen (secondary N) is 1. The zero-order valence-electron chi connectivity index (χ0n) is 14.5. The summed E-state index contributed by atoms with van der Waals surface area (Å²) in [5, 5.41) is 0. The first kappa shape index (κ1) is 20.0. The van der Waals surface area contributed by atoms with Crippen molar-refractivity contribution in [3.8, 4) is 0 Å². The fourth-order valence-electron chi connectivity index (χ4n) is 2.83. The van der Waals surface area contributed by atoms with Crippen molar-refractivity contribution in [3.63, 3.8) is 0 Å². The van der Waals surface area contributed by atoms with Gasteiger partial charge in [0.15, 0.2) is 0 Å². The van der Waals surface area contributed by atoms with E-state index in [0.717, 1.165) is 5.56 Å². The highest BCUT2D eigenvalue weighted by Crippen LogP contribution is 2.30. The van der Waals surface area contributed by atoms with E-state index in [0.29, 0.717) is 13.0 Å². The Morgan fingerprint density at radius 2 is 1.71 bits per heavy atom. The first-order chi connectivity index (χ1) is 13.2. The maximum absolute atomic E-state index is 12.6. The molecule has 2 aromatic carbocycles. The molecule has 1 atom stereocenters. The van der Waals surface area contributed by atoms with Gasteiger partial charge in [-0.3, -0.25) is 4.72 Å². The van der Waals surface area contributed by atoms with Gasteiger partial charge >= 0.3 is 21.6 Å².